The van der Waals surface area contributed by atoms with Crippen LogP contribution in [-0.2, 0) is 25.7 Å². The van der Waals surface area contributed by atoms with E-state index < -0.39 is 11.9 Å². The van der Waals surface area contributed by atoms with Crippen LogP contribution in [0.1, 0.15) is 31.4 Å². The van der Waals surface area contributed by atoms with Gasteiger partial charge in [0.25, 0.3) is 5.91 Å². The van der Waals surface area contributed by atoms with Crippen molar-refractivity contribution < 1.29 is 23.5 Å². The molecule has 1 saturated heterocycles. The molecule has 0 unspecified atom stereocenters. The number of nitrogens with zero attached hydrogens (tertiary/aromatic N) is 1. The Kier molecular flexibility index (Phi) is 6.00. The maximum atomic E-state index is 11.8. The summed E-state index contributed by atoms with van der Waals surface area (Å²) in [5.41, 5.74) is 0. The summed E-state index contributed by atoms with van der Waals surface area (Å²) in [7, 11) is 0. The monoisotopic (exact) mass is 308 g/mol. The lowest BCUT2D eigenvalue weighted by atomic mass is 10.2. The van der Waals surface area contributed by atoms with E-state index in [1.807, 2.05) is 0 Å². The third-order valence-corrected chi connectivity index (χ3v) is 3.40. The van der Waals surface area contributed by atoms with Crippen molar-refractivity contribution in [3.8, 4) is 0 Å². The van der Waals surface area contributed by atoms with E-state index >= 15 is 0 Å². The van der Waals surface area contributed by atoms with E-state index in [0.29, 0.717) is 18.7 Å². The fourth-order valence-electron chi connectivity index (χ4n) is 2.20. The Balaban J connectivity index is 1.66. The standard InChI is InChI=1S/C15H20N2O5/c18-13(16-9-12-5-4-8-21-12)11-22-15(20)10-17-7-3-1-2-6-14(17)19/h4-5,8H,1-3,6-7,9-11H2,(H,16,18). The van der Waals surface area contributed by atoms with Gasteiger partial charge in [0.15, 0.2) is 6.61 Å². The van der Waals surface area contributed by atoms with Crippen molar-refractivity contribution in [3.05, 3.63) is 24.2 Å². The number of carbonyl (C=O) groups excluding carboxylic acids is 3. The van der Waals surface area contributed by atoms with Crippen LogP contribution in [0, 0.1) is 0 Å². The second-order valence-electron chi connectivity index (χ2n) is 5.14. The lowest BCUT2D eigenvalue weighted by molar-refractivity contribution is -0.152. The summed E-state index contributed by atoms with van der Waals surface area (Å²) in [6.07, 6.45) is 4.73. The number of carbonyl (C=O) groups is 3. The van der Waals surface area contributed by atoms with Gasteiger partial charge in [0.1, 0.15) is 12.3 Å². The second-order valence-corrected chi connectivity index (χ2v) is 5.14. The van der Waals surface area contributed by atoms with Crippen LogP contribution in [0.2, 0.25) is 0 Å². The molecule has 1 aliphatic heterocycles. The van der Waals surface area contributed by atoms with Crippen molar-refractivity contribution in [2.45, 2.75) is 32.2 Å². The van der Waals surface area contributed by atoms with Gasteiger partial charge in [0, 0.05) is 13.0 Å². The van der Waals surface area contributed by atoms with Crippen LogP contribution < -0.4 is 5.32 Å². The topological polar surface area (TPSA) is 88.9 Å². The van der Waals surface area contributed by atoms with Crippen molar-refractivity contribution in [1.29, 1.82) is 0 Å². The van der Waals surface area contributed by atoms with Gasteiger partial charge in [-0.15, -0.1) is 0 Å². The van der Waals surface area contributed by atoms with Gasteiger partial charge in [-0.2, -0.15) is 0 Å². The Morgan fingerprint density at radius 3 is 2.95 bits per heavy atom. The molecule has 1 aromatic heterocycles. The largest absolute Gasteiger partial charge is 0.467 e. The Hall–Kier alpha value is -2.31. The minimum Gasteiger partial charge on any atom is -0.467 e. The zero-order valence-electron chi connectivity index (χ0n) is 12.4. The molecular weight excluding hydrogens is 288 g/mol. The molecule has 7 heteroatoms. The summed E-state index contributed by atoms with van der Waals surface area (Å²) in [6.45, 7) is 0.360. The van der Waals surface area contributed by atoms with Gasteiger partial charge in [0.2, 0.25) is 5.91 Å². The number of rotatable bonds is 6. The average Bonchev–Trinajstić information content (AvgIpc) is 2.95. The van der Waals surface area contributed by atoms with Crippen molar-refractivity contribution in [2.24, 2.45) is 0 Å². The fourth-order valence-corrected chi connectivity index (χ4v) is 2.20. The third-order valence-electron chi connectivity index (χ3n) is 3.40. The Bertz CT molecular complexity index is 512. The zero-order chi connectivity index (χ0) is 15.8. The molecule has 22 heavy (non-hydrogen) atoms. The third kappa shape index (κ3) is 5.23. The Labute approximate surface area is 128 Å². The summed E-state index contributed by atoms with van der Waals surface area (Å²) in [5.74, 6) is -0.387. The SMILES string of the molecule is O=C(COC(=O)CN1CCCCCC1=O)NCc1ccco1. The highest BCUT2D eigenvalue weighted by molar-refractivity contribution is 5.84. The number of amides is 2. The summed E-state index contributed by atoms with van der Waals surface area (Å²) in [4.78, 5) is 36.5. The number of furan rings is 1. The molecule has 7 nitrogen and oxygen atoms in total. The van der Waals surface area contributed by atoms with Gasteiger partial charge in [-0.1, -0.05) is 6.42 Å². The molecule has 2 rings (SSSR count). The molecule has 0 radical (unpaired) electrons. The number of ether oxygens (including phenoxy) is 1. The van der Waals surface area contributed by atoms with Crippen LogP contribution in [-0.4, -0.2) is 42.4 Å². The smallest absolute Gasteiger partial charge is 0.326 e. The molecule has 0 aromatic carbocycles. The number of hydrogen-bond acceptors (Lipinski definition) is 5. The van der Waals surface area contributed by atoms with E-state index in [-0.39, 0.29) is 25.6 Å². The van der Waals surface area contributed by atoms with Gasteiger partial charge in [0.05, 0.1) is 12.8 Å². The number of nitrogens with one attached hydrogen (secondary N) is 1. The summed E-state index contributed by atoms with van der Waals surface area (Å²) < 4.78 is 9.96. The highest BCUT2D eigenvalue weighted by Gasteiger charge is 2.20. The molecular formula is C15H20N2O5. The molecule has 1 aliphatic rings. The van der Waals surface area contributed by atoms with Gasteiger partial charge < -0.3 is 19.4 Å². The number of hydrogen-bond donors (Lipinski definition) is 1. The maximum Gasteiger partial charge on any atom is 0.326 e. The van der Waals surface area contributed by atoms with Crippen LogP contribution in [0.25, 0.3) is 0 Å². The minimum absolute atomic E-state index is 0.0308. The summed E-state index contributed by atoms with van der Waals surface area (Å²) >= 11 is 0. The van der Waals surface area contributed by atoms with E-state index in [9.17, 15) is 14.4 Å². The average molecular weight is 308 g/mol. The molecule has 2 heterocycles. The first-order chi connectivity index (χ1) is 10.6. The van der Waals surface area contributed by atoms with E-state index in [0.717, 1.165) is 19.3 Å². The number of likely N-dealkylation sites (tertiary alicyclic amines) is 1. The van der Waals surface area contributed by atoms with Gasteiger partial charge >= 0.3 is 5.97 Å². The molecule has 2 amide bonds. The van der Waals surface area contributed by atoms with Crippen LogP contribution in [0.4, 0.5) is 0 Å². The lowest BCUT2D eigenvalue weighted by Gasteiger charge is -2.19. The quantitative estimate of drug-likeness (QED) is 0.787. The van der Waals surface area contributed by atoms with Crippen LogP contribution in [0.3, 0.4) is 0 Å². The van der Waals surface area contributed by atoms with Crippen LogP contribution >= 0.6 is 0 Å². The molecule has 1 fully saturated rings. The highest BCUT2D eigenvalue weighted by atomic mass is 16.5. The normalized spacial score (nSPS) is 15.3. The second kappa shape index (κ2) is 8.21. The first kappa shape index (κ1) is 16.1. The molecule has 1 aromatic rings. The predicted octanol–water partition coefficient (Wildman–Crippen LogP) is 0.842. The maximum absolute atomic E-state index is 11.8. The van der Waals surface area contributed by atoms with Crippen molar-refractivity contribution in [3.63, 3.8) is 0 Å². The minimum atomic E-state index is -0.566. The Morgan fingerprint density at radius 1 is 1.32 bits per heavy atom. The molecule has 0 saturated carbocycles. The number of esters is 1. The van der Waals surface area contributed by atoms with Crippen molar-refractivity contribution >= 4 is 17.8 Å². The zero-order valence-corrected chi connectivity index (χ0v) is 12.4. The lowest BCUT2D eigenvalue weighted by Crippen LogP contribution is -2.37. The van der Waals surface area contributed by atoms with Crippen molar-refractivity contribution in [2.75, 3.05) is 19.7 Å². The summed E-state index contributed by atoms with van der Waals surface area (Å²) in [6, 6.07) is 3.46. The van der Waals surface area contributed by atoms with E-state index in [2.05, 4.69) is 5.32 Å². The Morgan fingerprint density at radius 2 is 2.18 bits per heavy atom. The molecule has 120 valence electrons. The molecule has 0 atom stereocenters. The van der Waals surface area contributed by atoms with E-state index in [1.54, 1.807) is 12.1 Å². The molecule has 0 spiro atoms. The van der Waals surface area contributed by atoms with E-state index in [4.69, 9.17) is 9.15 Å². The molecule has 1 N–H and O–H groups in total. The van der Waals surface area contributed by atoms with Gasteiger partial charge in [-0.25, -0.2) is 0 Å². The van der Waals surface area contributed by atoms with Gasteiger partial charge in [-0.05, 0) is 25.0 Å². The van der Waals surface area contributed by atoms with Crippen molar-refractivity contribution in [1.82, 2.24) is 10.2 Å². The first-order valence-corrected chi connectivity index (χ1v) is 7.37. The predicted molar refractivity (Wildman–Crippen MR) is 76.6 cm³/mol. The molecule has 0 aliphatic carbocycles. The first-order valence-electron chi connectivity index (χ1n) is 7.37. The van der Waals surface area contributed by atoms with Crippen LogP contribution in [0.5, 0.6) is 0 Å². The molecule has 0 bridgehead atoms. The van der Waals surface area contributed by atoms with Gasteiger partial charge in [-0.3, -0.25) is 14.4 Å². The summed E-state index contributed by atoms with van der Waals surface area (Å²) in [5, 5.41) is 2.57. The van der Waals surface area contributed by atoms with Crippen LogP contribution in [0.15, 0.2) is 22.8 Å². The highest BCUT2D eigenvalue weighted by Crippen LogP contribution is 2.10. The van der Waals surface area contributed by atoms with E-state index in [1.165, 1.54) is 11.2 Å². The fraction of sp³-hybridized carbons (Fsp3) is 0.533.